The number of carbonyl (C=O) groups is 1. The Morgan fingerprint density at radius 1 is 1.28 bits per heavy atom. The molecule has 1 fully saturated rings. The number of benzene rings is 1. The number of hydrogen-bond acceptors (Lipinski definition) is 2. The highest BCUT2D eigenvalue weighted by Gasteiger charge is 2.22. The SMILES string of the molecule is C[C@@H](C(=O)Nc1ccccc1Br)N1CCCCC1. The van der Waals surface area contributed by atoms with Gasteiger partial charge in [0.05, 0.1) is 11.7 Å². The first kappa shape index (κ1) is 13.6. The standard InChI is InChI=1S/C14H19BrN2O/c1-11(17-9-5-2-6-10-17)14(18)16-13-8-4-3-7-12(13)15/h3-4,7-8,11H,2,5-6,9-10H2,1H3,(H,16,18)/t11-/m0/s1. The zero-order valence-electron chi connectivity index (χ0n) is 10.7. The molecule has 18 heavy (non-hydrogen) atoms. The van der Waals surface area contributed by atoms with Crippen molar-refractivity contribution in [2.75, 3.05) is 18.4 Å². The van der Waals surface area contributed by atoms with Gasteiger partial charge in [-0.25, -0.2) is 0 Å². The van der Waals surface area contributed by atoms with Gasteiger partial charge in [0.25, 0.3) is 0 Å². The first-order chi connectivity index (χ1) is 8.68. The summed E-state index contributed by atoms with van der Waals surface area (Å²) in [6, 6.07) is 7.64. The molecule has 0 aliphatic carbocycles. The number of nitrogens with one attached hydrogen (secondary N) is 1. The number of carbonyl (C=O) groups excluding carboxylic acids is 1. The van der Waals surface area contributed by atoms with Crippen molar-refractivity contribution >= 4 is 27.5 Å². The minimum absolute atomic E-state index is 0.0580. The minimum atomic E-state index is -0.0580. The molecule has 4 heteroatoms. The fourth-order valence-electron chi connectivity index (χ4n) is 2.27. The van der Waals surface area contributed by atoms with Gasteiger partial charge < -0.3 is 5.32 Å². The van der Waals surface area contributed by atoms with Crippen LogP contribution in [0.5, 0.6) is 0 Å². The van der Waals surface area contributed by atoms with Crippen LogP contribution >= 0.6 is 15.9 Å². The van der Waals surface area contributed by atoms with Crippen LogP contribution in [-0.4, -0.2) is 29.9 Å². The van der Waals surface area contributed by atoms with E-state index >= 15 is 0 Å². The Hall–Kier alpha value is -0.870. The Bertz CT molecular complexity index is 416. The second-order valence-electron chi connectivity index (χ2n) is 4.74. The van der Waals surface area contributed by atoms with E-state index in [1.54, 1.807) is 0 Å². The number of hydrogen-bond donors (Lipinski definition) is 1. The lowest BCUT2D eigenvalue weighted by Crippen LogP contribution is -2.44. The van der Waals surface area contributed by atoms with Crippen LogP contribution in [0.4, 0.5) is 5.69 Å². The van der Waals surface area contributed by atoms with Crippen molar-refractivity contribution in [2.24, 2.45) is 0 Å². The second kappa shape index (κ2) is 6.34. The first-order valence-electron chi connectivity index (χ1n) is 6.48. The van der Waals surface area contributed by atoms with Crippen molar-refractivity contribution in [3.8, 4) is 0 Å². The summed E-state index contributed by atoms with van der Waals surface area (Å²) < 4.78 is 0.921. The lowest BCUT2D eigenvalue weighted by atomic mass is 10.1. The Labute approximate surface area is 117 Å². The molecule has 1 N–H and O–H groups in total. The van der Waals surface area contributed by atoms with Gasteiger partial charge in [-0.2, -0.15) is 0 Å². The largest absolute Gasteiger partial charge is 0.324 e. The number of para-hydroxylation sites is 1. The van der Waals surface area contributed by atoms with Gasteiger partial charge in [0, 0.05) is 4.47 Å². The minimum Gasteiger partial charge on any atom is -0.324 e. The van der Waals surface area contributed by atoms with Crippen molar-refractivity contribution in [1.29, 1.82) is 0 Å². The lowest BCUT2D eigenvalue weighted by molar-refractivity contribution is -0.121. The Kier molecular flexibility index (Phi) is 4.78. The monoisotopic (exact) mass is 310 g/mol. The summed E-state index contributed by atoms with van der Waals surface area (Å²) in [5.41, 5.74) is 0.839. The topological polar surface area (TPSA) is 32.3 Å². The summed E-state index contributed by atoms with van der Waals surface area (Å²) >= 11 is 3.44. The van der Waals surface area contributed by atoms with E-state index in [0.717, 1.165) is 23.2 Å². The van der Waals surface area contributed by atoms with Gasteiger partial charge in [0.15, 0.2) is 0 Å². The van der Waals surface area contributed by atoms with Crippen LogP contribution < -0.4 is 5.32 Å². The molecule has 1 aromatic carbocycles. The van der Waals surface area contributed by atoms with Crippen molar-refractivity contribution in [1.82, 2.24) is 4.90 Å². The molecule has 1 saturated heterocycles. The maximum atomic E-state index is 12.2. The summed E-state index contributed by atoms with van der Waals surface area (Å²) in [5.74, 6) is 0.0730. The first-order valence-corrected chi connectivity index (χ1v) is 7.27. The van der Waals surface area contributed by atoms with Crippen molar-refractivity contribution in [3.63, 3.8) is 0 Å². The Morgan fingerprint density at radius 2 is 1.94 bits per heavy atom. The van der Waals surface area contributed by atoms with E-state index in [1.807, 2.05) is 31.2 Å². The van der Waals surface area contributed by atoms with Crippen LogP contribution in [0.3, 0.4) is 0 Å². The zero-order chi connectivity index (χ0) is 13.0. The number of halogens is 1. The molecule has 0 bridgehead atoms. The average molecular weight is 311 g/mol. The molecule has 98 valence electrons. The number of nitrogens with zero attached hydrogens (tertiary/aromatic N) is 1. The average Bonchev–Trinajstić information content (AvgIpc) is 2.41. The molecule has 1 aliphatic rings. The van der Waals surface area contributed by atoms with E-state index in [1.165, 1.54) is 19.3 Å². The molecule has 0 aromatic heterocycles. The highest BCUT2D eigenvalue weighted by molar-refractivity contribution is 9.10. The fraction of sp³-hybridized carbons (Fsp3) is 0.500. The number of piperidine rings is 1. The van der Waals surface area contributed by atoms with Gasteiger partial charge in [-0.15, -0.1) is 0 Å². The van der Waals surface area contributed by atoms with Gasteiger partial charge in [0.1, 0.15) is 0 Å². The van der Waals surface area contributed by atoms with Crippen LogP contribution in [0, 0.1) is 0 Å². The predicted octanol–water partition coefficient (Wildman–Crippen LogP) is 3.26. The summed E-state index contributed by atoms with van der Waals surface area (Å²) in [6.07, 6.45) is 3.69. The molecule has 3 nitrogen and oxygen atoms in total. The van der Waals surface area contributed by atoms with Gasteiger partial charge in [-0.3, -0.25) is 9.69 Å². The molecule has 2 rings (SSSR count). The van der Waals surface area contributed by atoms with Gasteiger partial charge >= 0.3 is 0 Å². The van der Waals surface area contributed by atoms with Crippen molar-refractivity contribution in [3.05, 3.63) is 28.7 Å². The molecular formula is C14H19BrN2O. The normalized spacial score (nSPS) is 18.3. The molecule has 0 saturated carbocycles. The van der Waals surface area contributed by atoms with Gasteiger partial charge in [-0.1, -0.05) is 18.6 Å². The van der Waals surface area contributed by atoms with E-state index < -0.39 is 0 Å². The van der Waals surface area contributed by atoms with Crippen LogP contribution in [0.1, 0.15) is 26.2 Å². The van der Waals surface area contributed by atoms with Crippen molar-refractivity contribution in [2.45, 2.75) is 32.2 Å². The number of likely N-dealkylation sites (tertiary alicyclic amines) is 1. The molecule has 0 spiro atoms. The summed E-state index contributed by atoms with van der Waals surface area (Å²) in [6.45, 7) is 4.05. The van der Waals surface area contributed by atoms with Crippen molar-refractivity contribution < 1.29 is 4.79 Å². The van der Waals surface area contributed by atoms with E-state index in [4.69, 9.17) is 0 Å². The lowest BCUT2D eigenvalue weighted by Gasteiger charge is -2.31. The number of rotatable bonds is 3. The van der Waals surface area contributed by atoms with E-state index in [-0.39, 0.29) is 11.9 Å². The van der Waals surface area contributed by atoms with Crippen LogP contribution in [0.15, 0.2) is 28.7 Å². The van der Waals surface area contributed by atoms with Crippen LogP contribution in [-0.2, 0) is 4.79 Å². The van der Waals surface area contributed by atoms with E-state index in [0.29, 0.717) is 0 Å². The second-order valence-corrected chi connectivity index (χ2v) is 5.60. The third-order valence-corrected chi connectivity index (χ3v) is 4.14. The maximum Gasteiger partial charge on any atom is 0.241 e. The smallest absolute Gasteiger partial charge is 0.241 e. The third-order valence-electron chi connectivity index (χ3n) is 3.45. The molecule has 0 unspecified atom stereocenters. The quantitative estimate of drug-likeness (QED) is 0.929. The highest BCUT2D eigenvalue weighted by atomic mass is 79.9. The number of amides is 1. The molecule has 1 atom stereocenters. The summed E-state index contributed by atoms with van der Waals surface area (Å²) in [7, 11) is 0. The summed E-state index contributed by atoms with van der Waals surface area (Å²) in [4.78, 5) is 14.4. The predicted molar refractivity (Wildman–Crippen MR) is 77.7 cm³/mol. The fourth-order valence-corrected chi connectivity index (χ4v) is 2.66. The van der Waals surface area contributed by atoms with Gasteiger partial charge in [-0.05, 0) is 60.9 Å². The third kappa shape index (κ3) is 3.33. The van der Waals surface area contributed by atoms with Gasteiger partial charge in [0.2, 0.25) is 5.91 Å². The maximum absolute atomic E-state index is 12.2. The Morgan fingerprint density at radius 3 is 2.61 bits per heavy atom. The molecule has 1 aliphatic heterocycles. The Balaban J connectivity index is 1.97. The van der Waals surface area contributed by atoms with Crippen LogP contribution in [0.25, 0.3) is 0 Å². The highest BCUT2D eigenvalue weighted by Crippen LogP contribution is 2.22. The van der Waals surface area contributed by atoms with E-state index in [2.05, 4.69) is 26.1 Å². The molecule has 1 amide bonds. The summed E-state index contributed by atoms with van der Waals surface area (Å²) in [5, 5.41) is 2.98. The molecule has 1 aromatic rings. The van der Waals surface area contributed by atoms with E-state index in [9.17, 15) is 4.79 Å². The molecule has 0 radical (unpaired) electrons. The number of anilines is 1. The van der Waals surface area contributed by atoms with Crippen LogP contribution in [0.2, 0.25) is 0 Å². The molecular weight excluding hydrogens is 292 g/mol. The molecule has 1 heterocycles. The zero-order valence-corrected chi connectivity index (χ0v) is 12.2.